The van der Waals surface area contributed by atoms with Gasteiger partial charge in [0.25, 0.3) is 0 Å². The summed E-state index contributed by atoms with van der Waals surface area (Å²) in [6.45, 7) is 2.07. The first-order valence-corrected chi connectivity index (χ1v) is 8.16. The normalized spacial score (nSPS) is 11.4. The molecule has 4 aromatic rings. The van der Waals surface area contributed by atoms with Gasteiger partial charge in [-0.1, -0.05) is 30.0 Å². The number of halogens is 1. The highest BCUT2D eigenvalue weighted by Crippen LogP contribution is 2.27. The first-order valence-electron chi connectivity index (χ1n) is 7.18. The van der Waals surface area contributed by atoms with Crippen LogP contribution in [0.15, 0.2) is 53.9 Å². The molecule has 0 unspecified atom stereocenters. The molecule has 0 aliphatic heterocycles. The number of nitrogens with zero attached hydrogens (tertiary/aromatic N) is 4. The largest absolute Gasteiger partial charge is 0.270 e. The molecule has 4 nitrogen and oxygen atoms in total. The molecule has 0 atom stereocenters. The van der Waals surface area contributed by atoms with Gasteiger partial charge in [0.15, 0.2) is 10.8 Å². The molecule has 0 saturated heterocycles. The summed E-state index contributed by atoms with van der Waals surface area (Å²) in [6, 6.07) is 11.7. The molecule has 114 valence electrons. The van der Waals surface area contributed by atoms with E-state index in [0.29, 0.717) is 5.75 Å². The Morgan fingerprint density at radius 2 is 2.00 bits per heavy atom. The Hall–Kier alpha value is -2.47. The maximum Gasteiger partial charge on any atom is 0.196 e. The van der Waals surface area contributed by atoms with Crippen molar-refractivity contribution in [1.82, 2.24) is 19.6 Å². The minimum atomic E-state index is -0.324. The number of pyridine rings is 2. The summed E-state index contributed by atoms with van der Waals surface area (Å²) < 4.78 is 15.3. The summed E-state index contributed by atoms with van der Waals surface area (Å²) in [5.41, 5.74) is 3.89. The van der Waals surface area contributed by atoms with Crippen molar-refractivity contribution in [2.75, 3.05) is 0 Å². The molecule has 0 saturated carbocycles. The van der Waals surface area contributed by atoms with Gasteiger partial charge in [0.2, 0.25) is 0 Å². The van der Waals surface area contributed by atoms with E-state index in [-0.39, 0.29) is 5.82 Å². The van der Waals surface area contributed by atoms with Gasteiger partial charge in [-0.2, -0.15) is 0 Å². The molecule has 0 radical (unpaired) electrons. The zero-order valence-corrected chi connectivity index (χ0v) is 13.2. The van der Waals surface area contributed by atoms with E-state index in [2.05, 4.69) is 34.2 Å². The number of aryl methyl sites for hydroxylation is 1. The molecular weight excluding hydrogens is 311 g/mol. The van der Waals surface area contributed by atoms with Crippen LogP contribution in [0.2, 0.25) is 0 Å². The van der Waals surface area contributed by atoms with Crippen LogP contribution in [-0.4, -0.2) is 19.6 Å². The number of fused-ring (bicyclic) bond motifs is 3. The average molecular weight is 324 g/mol. The van der Waals surface area contributed by atoms with E-state index in [9.17, 15) is 4.39 Å². The van der Waals surface area contributed by atoms with Crippen LogP contribution in [0.25, 0.3) is 16.6 Å². The van der Waals surface area contributed by atoms with E-state index in [4.69, 9.17) is 0 Å². The van der Waals surface area contributed by atoms with Crippen molar-refractivity contribution in [2.24, 2.45) is 0 Å². The quantitative estimate of drug-likeness (QED) is 0.534. The fourth-order valence-electron chi connectivity index (χ4n) is 2.65. The number of thioether (sulfide) groups is 1. The minimum absolute atomic E-state index is 0.324. The van der Waals surface area contributed by atoms with E-state index in [1.54, 1.807) is 6.20 Å². The Labute approximate surface area is 136 Å². The first kappa shape index (κ1) is 14.1. The van der Waals surface area contributed by atoms with E-state index in [1.807, 2.05) is 22.6 Å². The van der Waals surface area contributed by atoms with Crippen LogP contribution in [0.1, 0.15) is 11.1 Å². The van der Waals surface area contributed by atoms with E-state index >= 15 is 0 Å². The number of para-hydroxylation sites is 1. The SMILES string of the molecule is Cc1cc2nnc(SCc3cncc(F)c3)n2c2ccccc12. The molecule has 3 aromatic heterocycles. The second kappa shape index (κ2) is 5.62. The van der Waals surface area contributed by atoms with Crippen molar-refractivity contribution in [3.63, 3.8) is 0 Å². The monoisotopic (exact) mass is 324 g/mol. The summed E-state index contributed by atoms with van der Waals surface area (Å²) in [5, 5.41) is 10.5. The van der Waals surface area contributed by atoms with E-state index < -0.39 is 0 Å². The van der Waals surface area contributed by atoms with E-state index in [0.717, 1.165) is 21.9 Å². The number of hydrogen-bond acceptors (Lipinski definition) is 4. The predicted octanol–water partition coefficient (Wildman–Crippen LogP) is 4.02. The van der Waals surface area contributed by atoms with Crippen molar-refractivity contribution in [3.05, 3.63) is 65.7 Å². The lowest BCUT2D eigenvalue weighted by Gasteiger charge is -2.07. The summed E-state index contributed by atoms with van der Waals surface area (Å²) in [7, 11) is 0. The van der Waals surface area contributed by atoms with Gasteiger partial charge in [-0.15, -0.1) is 10.2 Å². The highest BCUT2D eigenvalue weighted by atomic mass is 32.2. The maximum absolute atomic E-state index is 13.2. The van der Waals surface area contributed by atoms with Gasteiger partial charge >= 0.3 is 0 Å². The third kappa shape index (κ3) is 2.55. The third-order valence-electron chi connectivity index (χ3n) is 3.70. The molecule has 0 bridgehead atoms. The van der Waals surface area contributed by atoms with Crippen LogP contribution in [-0.2, 0) is 5.75 Å². The standard InChI is InChI=1S/C17H13FN4S/c1-11-6-16-20-21-17(22(16)15-5-3-2-4-14(11)15)23-10-12-7-13(18)9-19-8-12/h2-9H,10H2,1H3. The third-order valence-corrected chi connectivity index (χ3v) is 4.70. The molecule has 0 spiro atoms. The van der Waals surface area contributed by atoms with Crippen molar-refractivity contribution in [1.29, 1.82) is 0 Å². The van der Waals surface area contributed by atoms with Gasteiger partial charge in [-0.3, -0.25) is 9.38 Å². The Balaban J connectivity index is 1.77. The van der Waals surface area contributed by atoms with Crippen molar-refractivity contribution in [3.8, 4) is 0 Å². The van der Waals surface area contributed by atoms with Gasteiger partial charge in [-0.25, -0.2) is 4.39 Å². The second-order valence-corrected chi connectivity index (χ2v) is 6.26. The smallest absolute Gasteiger partial charge is 0.196 e. The summed E-state index contributed by atoms with van der Waals surface area (Å²) in [4.78, 5) is 3.88. The van der Waals surface area contributed by atoms with Gasteiger partial charge in [0.1, 0.15) is 5.82 Å². The van der Waals surface area contributed by atoms with Crippen LogP contribution in [0.4, 0.5) is 4.39 Å². The van der Waals surface area contributed by atoms with Gasteiger partial charge in [0.05, 0.1) is 11.7 Å². The lowest BCUT2D eigenvalue weighted by Crippen LogP contribution is -1.93. The fourth-order valence-corrected chi connectivity index (χ4v) is 3.52. The summed E-state index contributed by atoms with van der Waals surface area (Å²) >= 11 is 1.52. The van der Waals surface area contributed by atoms with Crippen LogP contribution >= 0.6 is 11.8 Å². The van der Waals surface area contributed by atoms with Crippen LogP contribution in [0, 0.1) is 12.7 Å². The zero-order valence-electron chi connectivity index (χ0n) is 12.4. The Morgan fingerprint density at radius 3 is 2.87 bits per heavy atom. The molecule has 0 N–H and O–H groups in total. The van der Waals surface area contributed by atoms with Crippen molar-refractivity contribution < 1.29 is 4.39 Å². The summed E-state index contributed by atoms with van der Waals surface area (Å²) in [5.74, 6) is 0.267. The maximum atomic E-state index is 13.2. The highest BCUT2D eigenvalue weighted by molar-refractivity contribution is 7.98. The number of rotatable bonds is 3. The number of aromatic nitrogens is 4. The molecule has 4 rings (SSSR count). The average Bonchev–Trinajstić information content (AvgIpc) is 2.96. The van der Waals surface area contributed by atoms with Crippen LogP contribution in [0.3, 0.4) is 0 Å². The molecule has 0 aliphatic rings. The predicted molar refractivity (Wildman–Crippen MR) is 89.0 cm³/mol. The lowest BCUT2D eigenvalue weighted by molar-refractivity contribution is 0.619. The van der Waals surface area contributed by atoms with Gasteiger partial charge < -0.3 is 0 Å². The van der Waals surface area contributed by atoms with Gasteiger partial charge in [-0.05, 0) is 36.2 Å². The molecule has 0 fully saturated rings. The number of benzene rings is 1. The van der Waals surface area contributed by atoms with Crippen molar-refractivity contribution in [2.45, 2.75) is 17.8 Å². The molecule has 3 heterocycles. The molecule has 0 aliphatic carbocycles. The zero-order chi connectivity index (χ0) is 15.8. The second-order valence-electron chi connectivity index (χ2n) is 5.32. The Bertz CT molecular complexity index is 1010. The van der Waals surface area contributed by atoms with Crippen LogP contribution < -0.4 is 0 Å². The van der Waals surface area contributed by atoms with Gasteiger partial charge in [0, 0.05) is 17.3 Å². The molecule has 1 aromatic carbocycles. The summed E-state index contributed by atoms with van der Waals surface area (Å²) in [6.07, 6.45) is 2.87. The topological polar surface area (TPSA) is 43.1 Å². The van der Waals surface area contributed by atoms with Crippen molar-refractivity contribution >= 4 is 28.3 Å². The highest BCUT2D eigenvalue weighted by Gasteiger charge is 2.11. The minimum Gasteiger partial charge on any atom is -0.270 e. The molecule has 0 amide bonds. The lowest BCUT2D eigenvalue weighted by atomic mass is 10.1. The molecule has 6 heteroatoms. The Morgan fingerprint density at radius 1 is 1.13 bits per heavy atom. The van der Waals surface area contributed by atoms with E-state index in [1.165, 1.54) is 35.0 Å². The fraction of sp³-hybridized carbons (Fsp3) is 0.118. The molecular formula is C17H13FN4S. The van der Waals surface area contributed by atoms with Crippen LogP contribution in [0.5, 0.6) is 0 Å². The number of hydrogen-bond donors (Lipinski definition) is 0. The Kier molecular flexibility index (Phi) is 3.46. The molecule has 23 heavy (non-hydrogen) atoms. The first-order chi connectivity index (χ1) is 11.2.